The molecule has 1 aromatic carbocycles. The Balaban J connectivity index is 2.69. The summed E-state index contributed by atoms with van der Waals surface area (Å²) in [5.74, 6) is 0.842. The van der Waals surface area contributed by atoms with Crippen LogP contribution in [0.4, 0.5) is 0 Å². The second-order valence-electron chi connectivity index (χ2n) is 3.94. The van der Waals surface area contributed by atoms with E-state index < -0.39 is 17.9 Å². The Hall–Kier alpha value is -1.99. The normalized spacial score (nSPS) is 11.4. The molecule has 100 valence electrons. The van der Waals surface area contributed by atoms with E-state index in [1.165, 1.54) is 6.07 Å². The molecule has 1 amide bonds. The fraction of sp³-hybridized carbons (Fsp3) is 0.286. The van der Waals surface area contributed by atoms with E-state index in [0.29, 0.717) is 12.8 Å². The average molecular weight is 280 g/mol. The number of carboxylic acids is 1. The van der Waals surface area contributed by atoms with Gasteiger partial charge in [0.15, 0.2) is 0 Å². The Morgan fingerprint density at radius 3 is 2.68 bits per heavy atom. The summed E-state index contributed by atoms with van der Waals surface area (Å²) in [6.07, 6.45) is 6.40. The van der Waals surface area contributed by atoms with Crippen LogP contribution in [0.3, 0.4) is 0 Å². The molecule has 1 aromatic rings. The summed E-state index contributed by atoms with van der Waals surface area (Å²) in [5.41, 5.74) is 0.257. The highest BCUT2D eigenvalue weighted by atomic mass is 35.5. The fourth-order valence-corrected chi connectivity index (χ4v) is 1.77. The maximum absolute atomic E-state index is 11.9. The zero-order valence-electron chi connectivity index (χ0n) is 10.2. The minimum absolute atomic E-state index is 0.257. The van der Waals surface area contributed by atoms with Crippen LogP contribution >= 0.6 is 11.6 Å². The van der Waals surface area contributed by atoms with Crippen LogP contribution in [-0.2, 0) is 4.79 Å². The first-order valence-corrected chi connectivity index (χ1v) is 6.15. The Morgan fingerprint density at radius 2 is 2.11 bits per heavy atom. The van der Waals surface area contributed by atoms with Gasteiger partial charge >= 0.3 is 5.97 Å². The predicted molar refractivity (Wildman–Crippen MR) is 73.0 cm³/mol. The van der Waals surface area contributed by atoms with Crippen LogP contribution in [0.2, 0.25) is 5.02 Å². The van der Waals surface area contributed by atoms with Crippen molar-refractivity contribution in [3.05, 3.63) is 34.9 Å². The molecule has 0 bridgehead atoms. The van der Waals surface area contributed by atoms with Crippen molar-refractivity contribution in [3.63, 3.8) is 0 Å². The molecular weight excluding hydrogens is 266 g/mol. The van der Waals surface area contributed by atoms with E-state index in [1.54, 1.807) is 18.2 Å². The summed E-state index contributed by atoms with van der Waals surface area (Å²) < 4.78 is 0. The van der Waals surface area contributed by atoms with E-state index >= 15 is 0 Å². The molecule has 0 aliphatic carbocycles. The quantitative estimate of drug-likeness (QED) is 0.620. The number of nitrogens with one attached hydrogen (secondary N) is 1. The molecule has 5 heteroatoms. The van der Waals surface area contributed by atoms with Crippen molar-refractivity contribution in [1.82, 2.24) is 5.32 Å². The highest BCUT2D eigenvalue weighted by molar-refractivity contribution is 6.33. The first kappa shape index (κ1) is 15.1. The molecule has 0 unspecified atom stereocenters. The lowest BCUT2D eigenvalue weighted by Crippen LogP contribution is -2.40. The number of benzene rings is 1. The lowest BCUT2D eigenvalue weighted by atomic mass is 10.1. The van der Waals surface area contributed by atoms with Crippen molar-refractivity contribution >= 4 is 23.5 Å². The van der Waals surface area contributed by atoms with Crippen LogP contribution in [0.25, 0.3) is 0 Å². The molecule has 1 atom stereocenters. The fourth-order valence-electron chi connectivity index (χ4n) is 1.55. The van der Waals surface area contributed by atoms with Crippen LogP contribution < -0.4 is 5.32 Å². The summed E-state index contributed by atoms with van der Waals surface area (Å²) in [6.45, 7) is 0. The van der Waals surface area contributed by atoms with Crippen molar-refractivity contribution in [2.45, 2.75) is 25.3 Å². The van der Waals surface area contributed by atoms with E-state index in [1.807, 2.05) is 0 Å². The number of rotatable bonds is 6. The molecule has 0 saturated carbocycles. The van der Waals surface area contributed by atoms with Crippen LogP contribution in [0, 0.1) is 12.3 Å². The number of amides is 1. The number of halogens is 1. The summed E-state index contributed by atoms with van der Waals surface area (Å²) in [4.78, 5) is 23.0. The van der Waals surface area contributed by atoms with Gasteiger partial charge in [-0.15, -0.1) is 12.3 Å². The monoisotopic (exact) mass is 279 g/mol. The molecular formula is C14H14ClNO3. The SMILES string of the molecule is C#CCCC[C@@H](NC(=O)c1ccccc1Cl)C(=O)O. The van der Waals surface area contributed by atoms with Gasteiger partial charge in [0.1, 0.15) is 6.04 Å². The van der Waals surface area contributed by atoms with Gasteiger partial charge in [-0.1, -0.05) is 23.7 Å². The lowest BCUT2D eigenvalue weighted by molar-refractivity contribution is -0.139. The molecule has 0 radical (unpaired) electrons. The van der Waals surface area contributed by atoms with E-state index in [4.69, 9.17) is 23.1 Å². The zero-order chi connectivity index (χ0) is 14.3. The molecule has 0 saturated heterocycles. The Morgan fingerprint density at radius 1 is 1.42 bits per heavy atom. The zero-order valence-corrected chi connectivity index (χ0v) is 11.0. The second kappa shape index (κ2) is 7.45. The van der Waals surface area contributed by atoms with Crippen molar-refractivity contribution in [2.75, 3.05) is 0 Å². The third-order valence-electron chi connectivity index (χ3n) is 2.54. The Bertz CT molecular complexity index is 508. The maximum Gasteiger partial charge on any atom is 0.326 e. The minimum atomic E-state index is -1.09. The van der Waals surface area contributed by atoms with E-state index in [2.05, 4.69) is 11.2 Å². The van der Waals surface area contributed by atoms with E-state index in [9.17, 15) is 9.59 Å². The Kier molecular flexibility index (Phi) is 5.91. The van der Waals surface area contributed by atoms with Crippen LogP contribution in [0.15, 0.2) is 24.3 Å². The molecule has 0 fully saturated rings. The second-order valence-corrected chi connectivity index (χ2v) is 4.35. The van der Waals surface area contributed by atoms with Gasteiger partial charge in [0, 0.05) is 6.42 Å². The number of hydrogen-bond donors (Lipinski definition) is 2. The third-order valence-corrected chi connectivity index (χ3v) is 2.87. The van der Waals surface area contributed by atoms with Gasteiger partial charge in [-0.25, -0.2) is 4.79 Å². The highest BCUT2D eigenvalue weighted by Crippen LogP contribution is 2.15. The largest absolute Gasteiger partial charge is 0.480 e. The molecule has 0 aliphatic rings. The van der Waals surface area contributed by atoms with E-state index in [0.717, 1.165) is 0 Å². The number of unbranched alkanes of at least 4 members (excludes halogenated alkanes) is 1. The lowest BCUT2D eigenvalue weighted by Gasteiger charge is -2.14. The topological polar surface area (TPSA) is 66.4 Å². The Labute approximate surface area is 116 Å². The predicted octanol–water partition coefficient (Wildman–Crippen LogP) is 2.33. The van der Waals surface area contributed by atoms with Crippen molar-refractivity contribution < 1.29 is 14.7 Å². The van der Waals surface area contributed by atoms with Gasteiger partial charge in [0.05, 0.1) is 10.6 Å². The number of aliphatic carboxylic acids is 1. The van der Waals surface area contributed by atoms with Crippen molar-refractivity contribution in [1.29, 1.82) is 0 Å². The van der Waals surface area contributed by atoms with E-state index in [-0.39, 0.29) is 17.0 Å². The molecule has 1 rings (SSSR count). The first-order chi connectivity index (χ1) is 9.06. The van der Waals surface area contributed by atoms with Gasteiger partial charge in [0.2, 0.25) is 0 Å². The standard InChI is InChI=1S/C14H14ClNO3/c1-2-3-4-9-12(14(18)19)16-13(17)10-7-5-6-8-11(10)15/h1,5-8,12H,3-4,9H2,(H,16,17)(H,18,19)/t12-/m1/s1. The minimum Gasteiger partial charge on any atom is -0.480 e. The van der Waals surface area contributed by atoms with Gasteiger partial charge in [-0.3, -0.25) is 4.79 Å². The molecule has 0 aromatic heterocycles. The molecule has 2 N–H and O–H groups in total. The number of carbonyl (C=O) groups excluding carboxylic acids is 1. The van der Waals surface area contributed by atoms with Gasteiger partial charge < -0.3 is 10.4 Å². The van der Waals surface area contributed by atoms with Gasteiger partial charge in [-0.2, -0.15) is 0 Å². The summed E-state index contributed by atoms with van der Waals surface area (Å²) in [6, 6.07) is 5.51. The number of carbonyl (C=O) groups is 2. The molecule has 0 spiro atoms. The molecule has 4 nitrogen and oxygen atoms in total. The van der Waals surface area contributed by atoms with Gasteiger partial charge in [-0.05, 0) is 25.0 Å². The van der Waals surface area contributed by atoms with Crippen LogP contribution in [-0.4, -0.2) is 23.0 Å². The summed E-state index contributed by atoms with van der Waals surface area (Å²) in [7, 11) is 0. The molecule has 19 heavy (non-hydrogen) atoms. The number of terminal acetylenes is 1. The first-order valence-electron chi connectivity index (χ1n) is 5.78. The van der Waals surface area contributed by atoms with Crippen molar-refractivity contribution in [3.8, 4) is 12.3 Å². The maximum atomic E-state index is 11.9. The van der Waals surface area contributed by atoms with Crippen LogP contribution in [0.1, 0.15) is 29.6 Å². The number of hydrogen-bond acceptors (Lipinski definition) is 2. The average Bonchev–Trinajstić information content (AvgIpc) is 2.38. The van der Waals surface area contributed by atoms with Gasteiger partial charge in [0.25, 0.3) is 5.91 Å². The third kappa shape index (κ3) is 4.65. The van der Waals surface area contributed by atoms with Crippen molar-refractivity contribution in [2.24, 2.45) is 0 Å². The highest BCUT2D eigenvalue weighted by Gasteiger charge is 2.21. The summed E-state index contributed by atoms with van der Waals surface area (Å²) in [5, 5.41) is 11.8. The molecule has 0 aliphatic heterocycles. The summed E-state index contributed by atoms with van der Waals surface area (Å²) >= 11 is 5.87. The number of carboxylic acid groups (broad SMARTS) is 1. The smallest absolute Gasteiger partial charge is 0.326 e. The molecule has 0 heterocycles. The van der Waals surface area contributed by atoms with Crippen LogP contribution in [0.5, 0.6) is 0 Å².